The molecule has 3 N–H and O–H groups in total. The molecule has 0 atom stereocenters. The van der Waals surface area contributed by atoms with Crippen molar-refractivity contribution < 1.29 is 13.5 Å². The van der Waals surface area contributed by atoms with E-state index in [2.05, 4.69) is 10.0 Å². The largest absolute Gasteiger partial charge is 0.508 e. The van der Waals surface area contributed by atoms with Gasteiger partial charge in [0.2, 0.25) is 10.0 Å². The summed E-state index contributed by atoms with van der Waals surface area (Å²) >= 11 is 0. The van der Waals surface area contributed by atoms with E-state index in [-0.39, 0.29) is 10.6 Å². The van der Waals surface area contributed by atoms with E-state index in [1.165, 1.54) is 13.1 Å². The summed E-state index contributed by atoms with van der Waals surface area (Å²) < 4.78 is 26.1. The van der Waals surface area contributed by atoms with Crippen molar-refractivity contribution in [2.45, 2.75) is 11.4 Å². The standard InChI is InChI=1S/C14H16N2O3S/c1-15-20(18,19)14-9-5-3-7-12(14)16-10-11-6-2-4-8-13(11)17/h2-9,15-17H,10H2,1H3. The Balaban J connectivity index is 2.25. The molecule has 2 rings (SSSR count). The van der Waals surface area contributed by atoms with Gasteiger partial charge in [-0.3, -0.25) is 0 Å². The van der Waals surface area contributed by atoms with Crippen LogP contribution >= 0.6 is 0 Å². The van der Waals surface area contributed by atoms with Crippen molar-refractivity contribution >= 4 is 15.7 Å². The lowest BCUT2D eigenvalue weighted by molar-refractivity contribution is 0.469. The van der Waals surface area contributed by atoms with Gasteiger partial charge in [-0.25, -0.2) is 13.1 Å². The monoisotopic (exact) mass is 292 g/mol. The number of anilines is 1. The van der Waals surface area contributed by atoms with Crippen molar-refractivity contribution in [1.82, 2.24) is 4.72 Å². The Hall–Kier alpha value is -2.05. The van der Waals surface area contributed by atoms with E-state index in [0.717, 1.165) is 0 Å². The van der Waals surface area contributed by atoms with Crippen LogP contribution in [0.4, 0.5) is 5.69 Å². The van der Waals surface area contributed by atoms with Crippen molar-refractivity contribution in [1.29, 1.82) is 0 Å². The Morgan fingerprint density at radius 1 is 1.05 bits per heavy atom. The third-order valence-electron chi connectivity index (χ3n) is 2.91. The first-order chi connectivity index (χ1) is 9.54. The normalized spacial score (nSPS) is 11.2. The summed E-state index contributed by atoms with van der Waals surface area (Å²) in [7, 11) is -2.15. The van der Waals surface area contributed by atoms with Crippen LogP contribution in [0.15, 0.2) is 53.4 Å². The Morgan fingerprint density at radius 2 is 1.70 bits per heavy atom. The summed E-state index contributed by atoms with van der Waals surface area (Å²) in [5.74, 6) is 0.175. The van der Waals surface area contributed by atoms with Crippen LogP contribution in [0, 0.1) is 0 Å². The van der Waals surface area contributed by atoms with Crippen LogP contribution in [-0.4, -0.2) is 20.6 Å². The molecule has 0 spiro atoms. The van der Waals surface area contributed by atoms with Gasteiger partial charge >= 0.3 is 0 Å². The Labute approximate surface area is 118 Å². The zero-order chi connectivity index (χ0) is 14.6. The molecule has 0 aliphatic carbocycles. The third-order valence-corrected chi connectivity index (χ3v) is 4.38. The maximum atomic E-state index is 11.9. The van der Waals surface area contributed by atoms with Crippen LogP contribution < -0.4 is 10.0 Å². The molecule has 0 amide bonds. The molecular weight excluding hydrogens is 276 g/mol. The van der Waals surface area contributed by atoms with E-state index >= 15 is 0 Å². The number of benzene rings is 2. The maximum absolute atomic E-state index is 11.9. The molecule has 0 saturated carbocycles. The van der Waals surface area contributed by atoms with Gasteiger partial charge in [-0.1, -0.05) is 30.3 Å². The van der Waals surface area contributed by atoms with Gasteiger partial charge in [0.05, 0.1) is 5.69 Å². The topological polar surface area (TPSA) is 78.4 Å². The SMILES string of the molecule is CNS(=O)(=O)c1ccccc1NCc1ccccc1O. The van der Waals surface area contributed by atoms with Crippen LogP contribution in [0.3, 0.4) is 0 Å². The van der Waals surface area contributed by atoms with E-state index in [0.29, 0.717) is 17.8 Å². The van der Waals surface area contributed by atoms with E-state index < -0.39 is 10.0 Å². The van der Waals surface area contributed by atoms with Crippen molar-refractivity contribution in [3.8, 4) is 5.75 Å². The fourth-order valence-corrected chi connectivity index (χ4v) is 2.72. The molecule has 20 heavy (non-hydrogen) atoms. The van der Waals surface area contributed by atoms with E-state index in [4.69, 9.17) is 0 Å². The Bertz CT molecular complexity index is 699. The molecule has 0 fully saturated rings. The number of phenols is 1. The van der Waals surface area contributed by atoms with Gasteiger partial charge in [0.25, 0.3) is 0 Å². The second kappa shape index (κ2) is 5.94. The van der Waals surface area contributed by atoms with E-state index in [1.807, 2.05) is 6.07 Å². The quantitative estimate of drug-likeness (QED) is 0.786. The molecule has 0 heterocycles. The number of sulfonamides is 1. The number of hydrogen-bond donors (Lipinski definition) is 3. The maximum Gasteiger partial charge on any atom is 0.242 e. The molecule has 0 bridgehead atoms. The fourth-order valence-electron chi connectivity index (χ4n) is 1.81. The third kappa shape index (κ3) is 3.09. The summed E-state index contributed by atoms with van der Waals surface area (Å²) in [6.07, 6.45) is 0. The van der Waals surface area contributed by atoms with E-state index in [9.17, 15) is 13.5 Å². The zero-order valence-electron chi connectivity index (χ0n) is 11.0. The molecule has 0 radical (unpaired) electrons. The number of hydrogen-bond acceptors (Lipinski definition) is 4. The number of rotatable bonds is 5. The van der Waals surface area contributed by atoms with Crippen molar-refractivity contribution in [3.05, 3.63) is 54.1 Å². The van der Waals surface area contributed by atoms with E-state index in [1.54, 1.807) is 36.4 Å². The summed E-state index contributed by atoms with van der Waals surface area (Å²) in [5, 5.41) is 12.7. The molecule has 6 heteroatoms. The summed E-state index contributed by atoms with van der Waals surface area (Å²) in [5.41, 5.74) is 1.19. The van der Waals surface area contributed by atoms with Crippen LogP contribution in [0.25, 0.3) is 0 Å². The highest BCUT2D eigenvalue weighted by atomic mass is 32.2. The van der Waals surface area contributed by atoms with Crippen LogP contribution in [-0.2, 0) is 16.6 Å². The van der Waals surface area contributed by atoms with Crippen LogP contribution in [0.5, 0.6) is 5.75 Å². The molecule has 0 aromatic heterocycles. The Kier molecular flexibility index (Phi) is 4.26. The first-order valence-corrected chi connectivity index (χ1v) is 7.56. The second-order valence-electron chi connectivity index (χ2n) is 4.19. The summed E-state index contributed by atoms with van der Waals surface area (Å²) in [6, 6.07) is 13.5. The average Bonchev–Trinajstić information content (AvgIpc) is 2.47. The Morgan fingerprint density at radius 3 is 2.40 bits per heavy atom. The molecule has 2 aromatic rings. The predicted octanol–water partition coefficient (Wildman–Crippen LogP) is 1.91. The minimum absolute atomic E-state index is 0.175. The first kappa shape index (κ1) is 14.4. The second-order valence-corrected chi connectivity index (χ2v) is 6.04. The van der Waals surface area contributed by atoms with Gasteiger partial charge in [0.1, 0.15) is 10.6 Å². The minimum Gasteiger partial charge on any atom is -0.508 e. The summed E-state index contributed by atoms with van der Waals surface area (Å²) in [6.45, 7) is 0.336. The number of phenolic OH excluding ortho intramolecular Hbond substituents is 1. The molecule has 0 aliphatic heterocycles. The minimum atomic E-state index is -3.52. The van der Waals surface area contributed by atoms with Crippen LogP contribution in [0.1, 0.15) is 5.56 Å². The molecule has 0 aliphatic rings. The van der Waals surface area contributed by atoms with Crippen LogP contribution in [0.2, 0.25) is 0 Å². The number of aromatic hydroxyl groups is 1. The van der Waals surface area contributed by atoms with Crippen molar-refractivity contribution in [2.75, 3.05) is 12.4 Å². The number of para-hydroxylation sites is 2. The molecule has 106 valence electrons. The molecule has 5 nitrogen and oxygen atoms in total. The highest BCUT2D eigenvalue weighted by molar-refractivity contribution is 7.89. The van der Waals surface area contributed by atoms with Gasteiger partial charge in [0.15, 0.2) is 0 Å². The van der Waals surface area contributed by atoms with Gasteiger partial charge in [-0.05, 0) is 25.2 Å². The lowest BCUT2D eigenvalue weighted by Gasteiger charge is -2.12. The van der Waals surface area contributed by atoms with Crippen molar-refractivity contribution in [2.24, 2.45) is 0 Å². The average molecular weight is 292 g/mol. The van der Waals surface area contributed by atoms with Crippen molar-refractivity contribution in [3.63, 3.8) is 0 Å². The van der Waals surface area contributed by atoms with Gasteiger partial charge < -0.3 is 10.4 Å². The van der Waals surface area contributed by atoms with Gasteiger partial charge in [-0.15, -0.1) is 0 Å². The predicted molar refractivity (Wildman–Crippen MR) is 78.1 cm³/mol. The number of nitrogens with one attached hydrogen (secondary N) is 2. The van der Waals surface area contributed by atoms with Gasteiger partial charge in [0, 0.05) is 12.1 Å². The molecular formula is C14H16N2O3S. The highest BCUT2D eigenvalue weighted by Gasteiger charge is 2.15. The highest BCUT2D eigenvalue weighted by Crippen LogP contribution is 2.23. The van der Waals surface area contributed by atoms with Gasteiger partial charge in [-0.2, -0.15) is 0 Å². The molecule has 0 unspecified atom stereocenters. The smallest absolute Gasteiger partial charge is 0.242 e. The molecule has 0 saturated heterocycles. The lowest BCUT2D eigenvalue weighted by Crippen LogP contribution is -2.20. The lowest BCUT2D eigenvalue weighted by atomic mass is 10.2. The molecule has 2 aromatic carbocycles. The zero-order valence-corrected chi connectivity index (χ0v) is 11.8. The fraction of sp³-hybridized carbons (Fsp3) is 0.143. The first-order valence-electron chi connectivity index (χ1n) is 6.08. The summed E-state index contributed by atoms with van der Waals surface area (Å²) in [4.78, 5) is 0.179.